The normalized spacial score (nSPS) is 27.3. The molecule has 1 aliphatic carbocycles. The number of imidazole rings is 1. The highest BCUT2D eigenvalue weighted by molar-refractivity contribution is 6.31. The van der Waals surface area contributed by atoms with Crippen LogP contribution in [0.5, 0.6) is 0 Å². The topological polar surface area (TPSA) is 53.1 Å². The smallest absolute Gasteiger partial charge is 0.117 e. The number of rotatable bonds is 2. The number of hydrogen-bond donors (Lipinski definition) is 1. The van der Waals surface area contributed by atoms with Crippen LogP contribution in [-0.2, 0) is 4.74 Å². The highest BCUT2D eigenvalue weighted by Crippen LogP contribution is 2.41. The van der Waals surface area contributed by atoms with E-state index in [9.17, 15) is 0 Å². The standard InChI is InChI=1S/C14H16ClN3O/c15-8-1-4-13-12(5-8)17-14(18(13)9-2-3-9)10-6-19-7-11(10)16/h1,4-5,9-11H,2-3,6-7,16H2. The fourth-order valence-electron chi connectivity index (χ4n) is 2.91. The van der Waals surface area contributed by atoms with Crippen molar-refractivity contribution in [3.63, 3.8) is 0 Å². The zero-order valence-electron chi connectivity index (χ0n) is 10.6. The van der Waals surface area contributed by atoms with Gasteiger partial charge < -0.3 is 15.0 Å². The quantitative estimate of drug-likeness (QED) is 0.917. The molecule has 2 heterocycles. The fraction of sp³-hybridized carbons (Fsp3) is 0.500. The third-order valence-electron chi connectivity index (χ3n) is 4.05. The summed E-state index contributed by atoms with van der Waals surface area (Å²) in [4.78, 5) is 4.79. The number of benzene rings is 1. The largest absolute Gasteiger partial charge is 0.379 e. The Bertz CT molecular complexity index is 635. The Labute approximate surface area is 116 Å². The first kappa shape index (κ1) is 11.7. The molecule has 2 N–H and O–H groups in total. The molecule has 2 unspecified atom stereocenters. The monoisotopic (exact) mass is 277 g/mol. The van der Waals surface area contributed by atoms with E-state index < -0.39 is 0 Å². The van der Waals surface area contributed by atoms with Crippen LogP contribution in [0, 0.1) is 0 Å². The first-order valence-corrected chi connectivity index (χ1v) is 7.12. The molecule has 0 amide bonds. The molecule has 1 aromatic heterocycles. The number of aromatic nitrogens is 2. The molecule has 100 valence electrons. The average molecular weight is 278 g/mol. The van der Waals surface area contributed by atoms with E-state index in [1.807, 2.05) is 12.1 Å². The van der Waals surface area contributed by atoms with Crippen LogP contribution in [0.2, 0.25) is 5.02 Å². The van der Waals surface area contributed by atoms with Crippen LogP contribution < -0.4 is 5.73 Å². The first-order valence-electron chi connectivity index (χ1n) is 6.75. The summed E-state index contributed by atoms with van der Waals surface area (Å²) in [5, 5.41) is 0.728. The third-order valence-corrected chi connectivity index (χ3v) is 4.28. The van der Waals surface area contributed by atoms with Crippen molar-refractivity contribution in [2.75, 3.05) is 13.2 Å². The lowest BCUT2D eigenvalue weighted by molar-refractivity contribution is 0.190. The summed E-state index contributed by atoms with van der Waals surface area (Å²) < 4.78 is 7.85. The summed E-state index contributed by atoms with van der Waals surface area (Å²) in [6.45, 7) is 1.30. The Balaban J connectivity index is 1.91. The van der Waals surface area contributed by atoms with Crippen LogP contribution in [0.15, 0.2) is 18.2 Å². The van der Waals surface area contributed by atoms with E-state index in [1.54, 1.807) is 0 Å². The van der Waals surface area contributed by atoms with Crippen LogP contribution in [0.25, 0.3) is 11.0 Å². The van der Waals surface area contributed by atoms with Gasteiger partial charge in [0.05, 0.1) is 30.2 Å². The predicted octanol–water partition coefficient (Wildman–Crippen LogP) is 2.47. The predicted molar refractivity (Wildman–Crippen MR) is 74.5 cm³/mol. The summed E-state index contributed by atoms with van der Waals surface area (Å²) in [5.41, 5.74) is 8.28. The molecule has 5 heteroatoms. The molecule has 4 rings (SSSR count). The molecule has 0 spiro atoms. The first-order chi connectivity index (χ1) is 9.24. The number of halogens is 1. The highest BCUT2D eigenvalue weighted by atomic mass is 35.5. The van der Waals surface area contributed by atoms with Gasteiger partial charge in [-0.2, -0.15) is 0 Å². The molecule has 2 fully saturated rings. The van der Waals surface area contributed by atoms with Crippen molar-refractivity contribution < 1.29 is 4.74 Å². The van der Waals surface area contributed by atoms with Gasteiger partial charge in [0.1, 0.15) is 5.82 Å². The van der Waals surface area contributed by atoms with Gasteiger partial charge in [0.25, 0.3) is 0 Å². The van der Waals surface area contributed by atoms with Crippen LogP contribution in [0.3, 0.4) is 0 Å². The Morgan fingerprint density at radius 2 is 2.16 bits per heavy atom. The van der Waals surface area contributed by atoms with Crippen LogP contribution >= 0.6 is 11.6 Å². The lowest BCUT2D eigenvalue weighted by Crippen LogP contribution is -2.28. The van der Waals surface area contributed by atoms with Gasteiger partial charge in [-0.1, -0.05) is 11.6 Å². The summed E-state index contributed by atoms with van der Waals surface area (Å²) in [6.07, 6.45) is 2.45. The maximum Gasteiger partial charge on any atom is 0.117 e. The van der Waals surface area contributed by atoms with Crippen molar-refractivity contribution in [2.45, 2.75) is 30.8 Å². The molecule has 0 bridgehead atoms. The second kappa shape index (κ2) is 4.20. The number of ether oxygens (including phenoxy) is 1. The van der Waals surface area contributed by atoms with Crippen molar-refractivity contribution >= 4 is 22.6 Å². The second-order valence-electron chi connectivity index (χ2n) is 5.51. The van der Waals surface area contributed by atoms with Gasteiger partial charge in [0.15, 0.2) is 0 Å². The molecule has 4 nitrogen and oxygen atoms in total. The minimum Gasteiger partial charge on any atom is -0.379 e. The zero-order chi connectivity index (χ0) is 13.0. The summed E-state index contributed by atoms with van der Waals surface area (Å²) in [6, 6.07) is 6.55. The molecule has 1 aliphatic heterocycles. The minimum absolute atomic E-state index is 0.0461. The number of nitrogens with two attached hydrogens (primary N) is 1. The lowest BCUT2D eigenvalue weighted by atomic mass is 10.0. The molecule has 2 atom stereocenters. The third kappa shape index (κ3) is 1.86. The fourth-order valence-corrected chi connectivity index (χ4v) is 3.07. The highest BCUT2D eigenvalue weighted by Gasteiger charge is 2.35. The molecule has 1 aromatic carbocycles. The number of fused-ring (bicyclic) bond motifs is 1. The van der Waals surface area contributed by atoms with Gasteiger partial charge in [-0.3, -0.25) is 0 Å². The maximum absolute atomic E-state index is 6.15. The summed E-state index contributed by atoms with van der Waals surface area (Å²) in [5.74, 6) is 1.27. The number of hydrogen-bond acceptors (Lipinski definition) is 3. The molecular weight excluding hydrogens is 262 g/mol. The minimum atomic E-state index is 0.0461. The van der Waals surface area contributed by atoms with Crippen LogP contribution in [0.4, 0.5) is 0 Å². The Morgan fingerprint density at radius 3 is 2.84 bits per heavy atom. The van der Waals surface area contributed by atoms with Gasteiger partial charge in [0.2, 0.25) is 0 Å². The van der Waals surface area contributed by atoms with Crippen molar-refractivity contribution in [1.82, 2.24) is 9.55 Å². The van der Waals surface area contributed by atoms with Crippen molar-refractivity contribution in [3.8, 4) is 0 Å². The molecule has 2 aromatic rings. The molecular formula is C14H16ClN3O. The Kier molecular flexibility index (Phi) is 2.59. The lowest BCUT2D eigenvalue weighted by Gasteiger charge is -2.15. The molecule has 1 saturated heterocycles. The SMILES string of the molecule is NC1COCC1c1nc2cc(Cl)ccc2n1C1CC1. The van der Waals surface area contributed by atoms with E-state index in [0.717, 1.165) is 16.4 Å². The average Bonchev–Trinajstić information content (AvgIpc) is 3.03. The van der Waals surface area contributed by atoms with Crippen LogP contribution in [-0.4, -0.2) is 28.8 Å². The maximum atomic E-state index is 6.15. The number of nitrogens with zero attached hydrogens (tertiary/aromatic N) is 2. The van der Waals surface area contributed by atoms with E-state index in [1.165, 1.54) is 18.4 Å². The molecule has 2 aliphatic rings. The van der Waals surface area contributed by atoms with E-state index in [-0.39, 0.29) is 12.0 Å². The van der Waals surface area contributed by atoms with Crippen molar-refractivity contribution in [2.24, 2.45) is 5.73 Å². The van der Waals surface area contributed by atoms with E-state index in [2.05, 4.69) is 10.6 Å². The van der Waals surface area contributed by atoms with Gasteiger partial charge in [-0.05, 0) is 31.0 Å². The zero-order valence-corrected chi connectivity index (χ0v) is 11.3. The van der Waals surface area contributed by atoms with Crippen molar-refractivity contribution in [1.29, 1.82) is 0 Å². The second-order valence-corrected chi connectivity index (χ2v) is 5.95. The van der Waals surface area contributed by atoms with E-state index >= 15 is 0 Å². The summed E-state index contributed by atoms with van der Waals surface area (Å²) in [7, 11) is 0. The molecule has 19 heavy (non-hydrogen) atoms. The van der Waals surface area contributed by atoms with Gasteiger partial charge in [-0.15, -0.1) is 0 Å². The van der Waals surface area contributed by atoms with Crippen molar-refractivity contribution in [3.05, 3.63) is 29.0 Å². The Morgan fingerprint density at radius 1 is 1.32 bits per heavy atom. The van der Waals surface area contributed by atoms with E-state index in [0.29, 0.717) is 19.3 Å². The summed E-state index contributed by atoms with van der Waals surface area (Å²) >= 11 is 6.07. The molecule has 1 saturated carbocycles. The van der Waals surface area contributed by atoms with Gasteiger partial charge in [-0.25, -0.2) is 4.98 Å². The van der Waals surface area contributed by atoms with Crippen LogP contribution in [0.1, 0.15) is 30.6 Å². The van der Waals surface area contributed by atoms with Gasteiger partial charge in [0, 0.05) is 17.1 Å². The van der Waals surface area contributed by atoms with E-state index in [4.69, 9.17) is 27.1 Å². The van der Waals surface area contributed by atoms with Gasteiger partial charge >= 0.3 is 0 Å². The Hall–Kier alpha value is -1.10. The molecule has 0 radical (unpaired) electrons.